The van der Waals surface area contributed by atoms with Crippen LogP contribution in [0.1, 0.15) is 6.42 Å². The molecule has 1 aromatic carbocycles. The Hall–Kier alpha value is -0.810. The Morgan fingerprint density at radius 3 is 2.45 bits per heavy atom. The van der Waals surface area contributed by atoms with Crippen molar-refractivity contribution in [3.63, 3.8) is 0 Å². The lowest BCUT2D eigenvalue weighted by molar-refractivity contribution is -0.122. The van der Waals surface area contributed by atoms with E-state index in [-0.39, 0.29) is 35.4 Å². The van der Waals surface area contributed by atoms with Gasteiger partial charge in [-0.15, -0.1) is 23.2 Å². The van der Waals surface area contributed by atoms with E-state index < -0.39 is 0 Å². The molecule has 4 unspecified atom stereocenters. The highest BCUT2D eigenvalue weighted by Crippen LogP contribution is 2.37. The summed E-state index contributed by atoms with van der Waals surface area (Å²) in [4.78, 5) is 16.4. The molecule has 0 N–H and O–H groups in total. The van der Waals surface area contributed by atoms with Crippen molar-refractivity contribution in [2.45, 2.75) is 29.3 Å². The van der Waals surface area contributed by atoms with Crippen molar-refractivity contribution in [2.24, 2.45) is 0 Å². The molecule has 0 bridgehead atoms. The first kappa shape index (κ1) is 17.5. The Morgan fingerprint density at radius 2 is 1.91 bits per heavy atom. The van der Waals surface area contributed by atoms with Crippen molar-refractivity contribution >= 4 is 34.8 Å². The topological polar surface area (TPSA) is 32.8 Å². The van der Waals surface area contributed by atoms with E-state index >= 15 is 0 Å². The van der Waals surface area contributed by atoms with E-state index in [9.17, 15) is 4.79 Å². The Bertz CT molecular complexity index is 498. The predicted molar refractivity (Wildman–Crippen MR) is 91.0 cm³/mol. The number of amides is 1. The highest BCUT2D eigenvalue weighted by molar-refractivity contribution is 6.31. The number of ether oxygens (including phenoxy) is 1. The van der Waals surface area contributed by atoms with Crippen LogP contribution in [0, 0.1) is 0 Å². The normalized spacial score (nSPS) is 28.1. The molecule has 1 aromatic rings. The zero-order chi connectivity index (χ0) is 16.3. The molecule has 0 heterocycles. The predicted octanol–water partition coefficient (Wildman–Crippen LogP) is 2.58. The summed E-state index contributed by atoms with van der Waals surface area (Å²) in [6.07, 6.45) is 0.656. The van der Waals surface area contributed by atoms with Gasteiger partial charge < -0.3 is 14.5 Å². The molecule has 0 aromatic heterocycles. The number of likely N-dealkylation sites (N-methyl/N-ethyl adjacent to an activating group) is 1. The number of rotatable bonds is 5. The number of alkyl halides is 2. The molecule has 1 aliphatic carbocycles. The third-order valence-electron chi connectivity index (χ3n) is 4.03. The summed E-state index contributed by atoms with van der Waals surface area (Å²) >= 11 is 12.9. The molecule has 0 saturated heterocycles. The lowest BCUT2D eigenvalue weighted by Crippen LogP contribution is -2.52. The quantitative estimate of drug-likeness (QED) is 0.769. The Morgan fingerprint density at radius 1 is 1.27 bits per heavy atom. The molecule has 4 nitrogen and oxygen atoms in total. The molecule has 2 rings (SSSR count). The molecule has 1 fully saturated rings. The highest BCUT2D eigenvalue weighted by atomic mass is 35.5. The van der Waals surface area contributed by atoms with Crippen molar-refractivity contribution in [1.29, 1.82) is 0 Å². The van der Waals surface area contributed by atoms with Gasteiger partial charge in [0.2, 0.25) is 0 Å². The smallest absolute Gasteiger partial charge is 0.253 e. The number of benzene rings is 1. The fourth-order valence-electron chi connectivity index (χ4n) is 3.12. The van der Waals surface area contributed by atoms with Crippen molar-refractivity contribution in [3.05, 3.63) is 30.3 Å². The molecule has 1 amide bonds. The Balaban J connectivity index is 2.38. The second-order valence-electron chi connectivity index (χ2n) is 5.75. The number of carbonyl (C=O) groups excluding carboxylic acids is 1. The molecule has 1 aliphatic rings. The van der Waals surface area contributed by atoms with Gasteiger partial charge in [0.25, 0.3) is 5.91 Å². The van der Waals surface area contributed by atoms with Crippen molar-refractivity contribution < 1.29 is 9.53 Å². The molecule has 4 atom stereocenters. The molecule has 22 heavy (non-hydrogen) atoms. The third-order valence-corrected chi connectivity index (χ3v) is 5.17. The number of methoxy groups -OCH3 is 1. The number of hydrogen-bond donors (Lipinski definition) is 0. The molecule has 0 aliphatic heterocycles. The summed E-state index contributed by atoms with van der Waals surface area (Å²) in [6, 6.07) is 9.51. The summed E-state index contributed by atoms with van der Waals surface area (Å²) in [5.74, 6) is -0.0832. The number of hydrogen-bond acceptors (Lipinski definition) is 3. The van der Waals surface area contributed by atoms with Crippen LogP contribution in [0.2, 0.25) is 0 Å². The van der Waals surface area contributed by atoms with E-state index in [0.717, 1.165) is 5.69 Å². The molecular weight excluding hydrogens is 323 g/mol. The average molecular weight is 345 g/mol. The van der Waals surface area contributed by atoms with Gasteiger partial charge in [-0.3, -0.25) is 4.79 Å². The Kier molecular flexibility index (Phi) is 6.09. The second-order valence-corrected chi connectivity index (χ2v) is 6.81. The SMILES string of the molecule is COCC(=O)N(c1ccccc1)C1CC(Cl)C(Cl)C1N(C)C. The van der Waals surface area contributed by atoms with Gasteiger partial charge in [0.1, 0.15) is 6.61 Å². The van der Waals surface area contributed by atoms with Crippen LogP contribution < -0.4 is 4.90 Å². The van der Waals surface area contributed by atoms with Gasteiger partial charge in [0, 0.05) is 18.8 Å². The van der Waals surface area contributed by atoms with Gasteiger partial charge in [-0.25, -0.2) is 0 Å². The maximum atomic E-state index is 12.6. The van der Waals surface area contributed by atoms with Crippen LogP contribution in [-0.4, -0.2) is 61.5 Å². The van der Waals surface area contributed by atoms with Gasteiger partial charge in [-0.05, 0) is 32.6 Å². The number of para-hydroxylation sites is 1. The van der Waals surface area contributed by atoms with E-state index in [2.05, 4.69) is 0 Å². The summed E-state index contributed by atoms with van der Waals surface area (Å²) < 4.78 is 5.04. The monoisotopic (exact) mass is 344 g/mol. The minimum atomic E-state index is -0.205. The fraction of sp³-hybridized carbons (Fsp3) is 0.562. The van der Waals surface area contributed by atoms with Gasteiger partial charge in [-0.1, -0.05) is 18.2 Å². The van der Waals surface area contributed by atoms with Gasteiger partial charge in [-0.2, -0.15) is 0 Å². The first-order valence-corrected chi connectivity index (χ1v) is 8.15. The number of carbonyl (C=O) groups is 1. The van der Waals surface area contributed by atoms with Gasteiger partial charge in [0.15, 0.2) is 0 Å². The van der Waals surface area contributed by atoms with E-state index in [1.54, 1.807) is 4.90 Å². The lowest BCUT2D eigenvalue weighted by Gasteiger charge is -2.36. The minimum absolute atomic E-state index is 0.00909. The molecule has 6 heteroatoms. The fourth-order valence-corrected chi connectivity index (χ4v) is 3.94. The van der Waals surface area contributed by atoms with Crippen LogP contribution in [0.4, 0.5) is 5.69 Å². The average Bonchev–Trinajstić information content (AvgIpc) is 2.76. The molecule has 1 saturated carbocycles. The van der Waals surface area contributed by atoms with Crippen LogP contribution in [0.3, 0.4) is 0 Å². The van der Waals surface area contributed by atoms with Gasteiger partial charge >= 0.3 is 0 Å². The highest BCUT2D eigenvalue weighted by Gasteiger charge is 2.47. The maximum absolute atomic E-state index is 12.6. The van der Waals surface area contributed by atoms with Crippen LogP contribution in [0.15, 0.2) is 30.3 Å². The zero-order valence-corrected chi connectivity index (χ0v) is 14.6. The summed E-state index contributed by atoms with van der Waals surface area (Å²) in [7, 11) is 5.45. The van der Waals surface area contributed by atoms with Crippen LogP contribution >= 0.6 is 23.2 Å². The third kappa shape index (κ3) is 3.57. The van der Waals surface area contributed by atoms with Crippen molar-refractivity contribution in [2.75, 3.05) is 32.7 Å². The molecule has 122 valence electrons. The zero-order valence-electron chi connectivity index (χ0n) is 13.1. The standard InChI is InChI=1S/C16H22Cl2N2O2/c1-19(2)16-13(9-12(17)15(16)18)20(14(21)10-22-3)11-7-5-4-6-8-11/h4-8,12-13,15-16H,9-10H2,1-3H3. The van der Waals surface area contributed by atoms with E-state index in [1.807, 2.05) is 49.3 Å². The number of halogens is 2. The Labute approximate surface area is 141 Å². The number of anilines is 1. The van der Waals surface area contributed by atoms with E-state index in [4.69, 9.17) is 27.9 Å². The molecule has 0 spiro atoms. The summed E-state index contributed by atoms with van der Waals surface area (Å²) in [5.41, 5.74) is 0.844. The maximum Gasteiger partial charge on any atom is 0.253 e. The van der Waals surface area contributed by atoms with Crippen molar-refractivity contribution in [3.8, 4) is 0 Å². The minimum Gasteiger partial charge on any atom is -0.375 e. The molecular formula is C16H22Cl2N2O2. The number of nitrogens with zero attached hydrogens (tertiary/aromatic N) is 2. The van der Waals surface area contributed by atoms with E-state index in [1.165, 1.54) is 7.11 Å². The largest absolute Gasteiger partial charge is 0.375 e. The summed E-state index contributed by atoms with van der Waals surface area (Å²) in [6.45, 7) is 0.0332. The van der Waals surface area contributed by atoms with Crippen molar-refractivity contribution in [1.82, 2.24) is 4.90 Å². The first-order valence-electron chi connectivity index (χ1n) is 7.28. The summed E-state index contributed by atoms with van der Waals surface area (Å²) in [5, 5.41) is -0.371. The lowest BCUT2D eigenvalue weighted by atomic mass is 10.1. The second kappa shape index (κ2) is 7.64. The van der Waals surface area contributed by atoms with Crippen LogP contribution in [0.5, 0.6) is 0 Å². The molecule has 0 radical (unpaired) electrons. The van der Waals surface area contributed by atoms with Gasteiger partial charge in [0.05, 0.1) is 16.8 Å². The van der Waals surface area contributed by atoms with Crippen LogP contribution in [0.25, 0.3) is 0 Å². The van der Waals surface area contributed by atoms with Crippen LogP contribution in [-0.2, 0) is 9.53 Å². The first-order chi connectivity index (χ1) is 10.5. The van der Waals surface area contributed by atoms with E-state index in [0.29, 0.717) is 6.42 Å².